The third kappa shape index (κ3) is 4.81. The molecule has 1 aromatic carbocycles. The summed E-state index contributed by atoms with van der Waals surface area (Å²) in [6.45, 7) is 1.91. The molecule has 0 aromatic heterocycles. The van der Waals surface area contributed by atoms with E-state index in [-0.39, 0.29) is 24.3 Å². The first-order valence-corrected chi connectivity index (χ1v) is 8.10. The maximum atomic E-state index is 12.3. The molecule has 1 aromatic rings. The normalized spacial score (nSPS) is 11.3. The largest absolute Gasteiger partial charge is 0.273 e. The van der Waals surface area contributed by atoms with E-state index in [0.29, 0.717) is 6.42 Å². The molecule has 0 heterocycles. The Morgan fingerprint density at radius 2 is 2.05 bits per heavy atom. The van der Waals surface area contributed by atoms with Crippen LogP contribution in [-0.2, 0) is 15.8 Å². The van der Waals surface area contributed by atoms with Crippen molar-refractivity contribution < 1.29 is 13.3 Å². The van der Waals surface area contributed by atoms with Crippen LogP contribution in [0, 0.1) is 21.4 Å². The molecule has 0 bridgehead atoms. The van der Waals surface area contributed by atoms with E-state index >= 15 is 0 Å². The third-order valence-corrected chi connectivity index (χ3v) is 4.70. The molecule has 0 spiro atoms. The summed E-state index contributed by atoms with van der Waals surface area (Å²) in [5.74, 6) is -0.477. The predicted octanol–water partition coefficient (Wildman–Crippen LogP) is 2.05. The van der Waals surface area contributed by atoms with Gasteiger partial charge in [0.05, 0.1) is 16.7 Å². The van der Waals surface area contributed by atoms with E-state index in [1.807, 2.05) is 13.0 Å². The van der Waals surface area contributed by atoms with E-state index in [1.54, 1.807) is 6.07 Å². The Balaban J connectivity index is 3.03. The van der Waals surface area contributed by atoms with Crippen molar-refractivity contribution in [2.75, 3.05) is 13.1 Å². The van der Waals surface area contributed by atoms with Gasteiger partial charge in [-0.15, -0.1) is 0 Å². The summed E-state index contributed by atoms with van der Waals surface area (Å²) in [6.07, 6.45) is 1.43. The Morgan fingerprint density at radius 1 is 1.38 bits per heavy atom. The van der Waals surface area contributed by atoms with Crippen LogP contribution < -0.4 is 0 Å². The fraction of sp³-hybridized carbons (Fsp3) is 0.462. The number of benzene rings is 1. The highest BCUT2D eigenvalue weighted by Crippen LogP contribution is 2.21. The molecule has 114 valence electrons. The summed E-state index contributed by atoms with van der Waals surface area (Å²) in [6, 6.07) is 7.54. The number of sulfonamides is 1. The van der Waals surface area contributed by atoms with Gasteiger partial charge in [0.1, 0.15) is 6.54 Å². The Labute approximate surface area is 124 Å². The van der Waals surface area contributed by atoms with Crippen molar-refractivity contribution in [2.24, 2.45) is 0 Å². The van der Waals surface area contributed by atoms with E-state index in [1.165, 1.54) is 18.2 Å². The summed E-state index contributed by atoms with van der Waals surface area (Å²) in [7, 11) is -3.76. The summed E-state index contributed by atoms with van der Waals surface area (Å²) in [5.41, 5.74) is -0.101. The summed E-state index contributed by atoms with van der Waals surface area (Å²) < 4.78 is 25.7. The van der Waals surface area contributed by atoms with Gasteiger partial charge >= 0.3 is 0 Å². The summed E-state index contributed by atoms with van der Waals surface area (Å²) >= 11 is 0. The fourth-order valence-corrected chi connectivity index (χ4v) is 3.31. The minimum absolute atomic E-state index is 0.127. The van der Waals surface area contributed by atoms with E-state index in [4.69, 9.17) is 5.26 Å². The van der Waals surface area contributed by atoms with Crippen LogP contribution in [-0.4, -0.2) is 30.7 Å². The second kappa shape index (κ2) is 7.71. The number of para-hydroxylation sites is 1. The van der Waals surface area contributed by atoms with Gasteiger partial charge in [-0.05, 0) is 6.42 Å². The molecule has 0 amide bonds. The van der Waals surface area contributed by atoms with Crippen molar-refractivity contribution in [3.63, 3.8) is 0 Å². The molecule has 0 radical (unpaired) electrons. The van der Waals surface area contributed by atoms with Crippen LogP contribution in [0.1, 0.15) is 25.3 Å². The molecule has 0 atom stereocenters. The first-order chi connectivity index (χ1) is 9.92. The quantitative estimate of drug-likeness (QED) is 0.415. The number of unbranched alkanes of at least 4 members (excludes halogenated alkanes) is 1. The molecule has 0 aliphatic heterocycles. The van der Waals surface area contributed by atoms with Gasteiger partial charge in [-0.1, -0.05) is 31.5 Å². The average molecular weight is 311 g/mol. The molecule has 0 N–H and O–H groups in total. The standard InChI is InChI=1S/C13H17N3O4S/c1-2-3-9-15(10-8-14)21(19,20)11-12-6-4-5-7-13(12)16(17)18/h4-7H,2-3,9-11H2,1H3. The minimum Gasteiger partial charge on any atom is -0.258 e. The molecule has 0 aliphatic rings. The van der Waals surface area contributed by atoms with Gasteiger partial charge in [-0.2, -0.15) is 9.57 Å². The van der Waals surface area contributed by atoms with Crippen molar-refractivity contribution in [3.05, 3.63) is 39.9 Å². The van der Waals surface area contributed by atoms with E-state index in [2.05, 4.69) is 0 Å². The molecule has 21 heavy (non-hydrogen) atoms. The molecule has 0 saturated heterocycles. The Morgan fingerprint density at radius 3 is 2.62 bits per heavy atom. The highest BCUT2D eigenvalue weighted by molar-refractivity contribution is 7.88. The lowest BCUT2D eigenvalue weighted by atomic mass is 10.2. The van der Waals surface area contributed by atoms with Gasteiger partial charge in [0, 0.05) is 18.2 Å². The van der Waals surface area contributed by atoms with Crippen molar-refractivity contribution in [1.29, 1.82) is 5.26 Å². The highest BCUT2D eigenvalue weighted by Gasteiger charge is 2.25. The van der Waals surface area contributed by atoms with Crippen LogP contribution in [0.3, 0.4) is 0 Å². The number of nitrogens with zero attached hydrogens (tertiary/aromatic N) is 3. The van der Waals surface area contributed by atoms with Crippen LogP contribution >= 0.6 is 0 Å². The van der Waals surface area contributed by atoms with Crippen LogP contribution in [0.4, 0.5) is 5.69 Å². The van der Waals surface area contributed by atoms with Crippen molar-refractivity contribution >= 4 is 15.7 Å². The number of rotatable bonds is 8. The zero-order valence-electron chi connectivity index (χ0n) is 11.7. The first-order valence-electron chi connectivity index (χ1n) is 6.49. The first kappa shape index (κ1) is 17.1. The van der Waals surface area contributed by atoms with E-state index in [9.17, 15) is 18.5 Å². The monoisotopic (exact) mass is 311 g/mol. The highest BCUT2D eigenvalue weighted by atomic mass is 32.2. The van der Waals surface area contributed by atoms with E-state index < -0.39 is 20.7 Å². The number of nitro groups is 1. The van der Waals surface area contributed by atoms with Crippen molar-refractivity contribution in [3.8, 4) is 6.07 Å². The maximum Gasteiger partial charge on any atom is 0.273 e. The van der Waals surface area contributed by atoms with Crippen LogP contribution in [0.5, 0.6) is 0 Å². The number of nitro benzene ring substituents is 1. The second-order valence-corrected chi connectivity index (χ2v) is 6.46. The van der Waals surface area contributed by atoms with Crippen LogP contribution in [0.15, 0.2) is 24.3 Å². The van der Waals surface area contributed by atoms with Crippen molar-refractivity contribution in [2.45, 2.75) is 25.5 Å². The molecule has 0 unspecified atom stereocenters. The van der Waals surface area contributed by atoms with Crippen molar-refractivity contribution in [1.82, 2.24) is 4.31 Å². The lowest BCUT2D eigenvalue weighted by Crippen LogP contribution is -2.33. The van der Waals surface area contributed by atoms with E-state index in [0.717, 1.165) is 10.7 Å². The maximum absolute atomic E-state index is 12.3. The van der Waals surface area contributed by atoms with Crippen LogP contribution in [0.2, 0.25) is 0 Å². The number of hydrogen-bond donors (Lipinski definition) is 0. The van der Waals surface area contributed by atoms with Gasteiger partial charge in [-0.25, -0.2) is 8.42 Å². The van der Waals surface area contributed by atoms with Gasteiger partial charge in [0.15, 0.2) is 0 Å². The smallest absolute Gasteiger partial charge is 0.258 e. The van der Waals surface area contributed by atoms with Gasteiger partial charge in [0.2, 0.25) is 10.0 Å². The third-order valence-electron chi connectivity index (χ3n) is 2.93. The zero-order valence-corrected chi connectivity index (χ0v) is 12.5. The molecule has 8 heteroatoms. The number of hydrogen-bond acceptors (Lipinski definition) is 5. The topological polar surface area (TPSA) is 104 Å². The lowest BCUT2D eigenvalue weighted by Gasteiger charge is -2.18. The minimum atomic E-state index is -3.76. The Bertz CT molecular complexity index is 637. The summed E-state index contributed by atoms with van der Waals surface area (Å²) in [5, 5.41) is 19.7. The molecule has 0 fully saturated rings. The lowest BCUT2D eigenvalue weighted by molar-refractivity contribution is -0.385. The molecule has 0 aliphatic carbocycles. The SMILES string of the molecule is CCCCN(CC#N)S(=O)(=O)Cc1ccccc1[N+](=O)[O-]. The van der Waals surface area contributed by atoms with Gasteiger partial charge < -0.3 is 0 Å². The molecular weight excluding hydrogens is 294 g/mol. The van der Waals surface area contributed by atoms with Crippen LogP contribution in [0.25, 0.3) is 0 Å². The molecule has 1 rings (SSSR count). The molecule has 7 nitrogen and oxygen atoms in total. The second-order valence-electron chi connectivity index (χ2n) is 4.49. The number of nitriles is 1. The Kier molecular flexibility index (Phi) is 6.27. The molecular formula is C13H17N3O4S. The van der Waals surface area contributed by atoms with Gasteiger partial charge in [0.25, 0.3) is 5.69 Å². The fourth-order valence-electron chi connectivity index (χ4n) is 1.83. The summed E-state index contributed by atoms with van der Waals surface area (Å²) in [4.78, 5) is 10.3. The zero-order chi connectivity index (χ0) is 15.9. The van der Waals surface area contributed by atoms with Gasteiger partial charge in [-0.3, -0.25) is 10.1 Å². The average Bonchev–Trinajstić information content (AvgIpc) is 2.43. The Hall–Kier alpha value is -1.98. The predicted molar refractivity (Wildman–Crippen MR) is 77.8 cm³/mol. The molecule has 0 saturated carbocycles.